The first-order valence-corrected chi connectivity index (χ1v) is 10.7. The maximum atomic E-state index is 9.58. The molecule has 1 unspecified atom stereocenters. The summed E-state index contributed by atoms with van der Waals surface area (Å²) in [7, 11) is 0. The fourth-order valence-corrected chi connectivity index (χ4v) is 4.46. The van der Waals surface area contributed by atoms with Gasteiger partial charge >= 0.3 is 0 Å². The van der Waals surface area contributed by atoms with Crippen LogP contribution in [0.2, 0.25) is 0 Å². The summed E-state index contributed by atoms with van der Waals surface area (Å²) >= 11 is 5.84. The lowest BCUT2D eigenvalue weighted by molar-refractivity contribution is 0.207. The van der Waals surface area contributed by atoms with E-state index in [-0.39, 0.29) is 12.6 Å². The number of aliphatic hydroxyl groups excluding tert-OH is 1. The molecule has 4 nitrogen and oxygen atoms in total. The molecule has 0 saturated heterocycles. The van der Waals surface area contributed by atoms with E-state index in [4.69, 9.17) is 12.2 Å². The number of nitrogens with zero attached hydrogens (tertiary/aromatic N) is 2. The molecule has 2 aromatic carbocycles. The fraction of sp³-hybridized carbons (Fsp3) is 0.333. The van der Waals surface area contributed by atoms with Crippen molar-refractivity contribution in [1.29, 1.82) is 0 Å². The quantitative estimate of drug-likeness (QED) is 0.603. The minimum Gasteiger partial charge on any atom is -0.396 e. The lowest BCUT2D eigenvalue weighted by atomic mass is 9.93. The topological polar surface area (TPSA) is 48.4 Å². The maximum absolute atomic E-state index is 9.58. The molecule has 2 N–H and O–H groups in total. The number of fused-ring (bicyclic) bond motifs is 2. The average molecular weight is 406 g/mol. The van der Waals surface area contributed by atoms with E-state index in [2.05, 4.69) is 64.6 Å². The molecule has 5 heteroatoms. The number of benzene rings is 2. The Morgan fingerprint density at radius 1 is 1.21 bits per heavy atom. The van der Waals surface area contributed by atoms with Gasteiger partial charge in [0, 0.05) is 47.5 Å². The van der Waals surface area contributed by atoms with Gasteiger partial charge in [0.15, 0.2) is 5.11 Å². The van der Waals surface area contributed by atoms with E-state index in [1.54, 1.807) is 0 Å². The number of aryl methyl sites for hydroxylation is 1. The number of aromatic nitrogens is 1. The molecule has 3 aromatic rings. The highest BCUT2D eigenvalue weighted by Crippen LogP contribution is 2.28. The molecule has 0 spiro atoms. The number of pyridine rings is 1. The second-order valence-corrected chi connectivity index (χ2v) is 8.04. The number of anilines is 1. The number of nitrogens with one attached hydrogen (secondary N) is 1. The third-order valence-electron chi connectivity index (χ3n) is 5.65. The standard InChI is InChI=1S/C24H27N3OS/c1-2-6-20-14-22-18(15-25-20)9-5-10-23(22)26-24(29)27-16-19-8-4-3-7-17(19)13-21(27)11-12-28/h3-5,7-10,14-15,21,28H,2,6,11-13,16H2,1H3,(H,26,29). The van der Waals surface area contributed by atoms with Crippen molar-refractivity contribution in [2.45, 2.75) is 45.2 Å². The number of aliphatic hydroxyl groups is 1. The summed E-state index contributed by atoms with van der Waals surface area (Å²) < 4.78 is 0. The summed E-state index contributed by atoms with van der Waals surface area (Å²) in [4.78, 5) is 6.79. The first-order chi connectivity index (χ1) is 14.2. The smallest absolute Gasteiger partial charge is 0.174 e. The van der Waals surface area contributed by atoms with Gasteiger partial charge in [0.1, 0.15) is 0 Å². The van der Waals surface area contributed by atoms with Crippen LogP contribution in [0, 0.1) is 0 Å². The van der Waals surface area contributed by atoms with Gasteiger partial charge in [-0.25, -0.2) is 0 Å². The average Bonchev–Trinajstić information content (AvgIpc) is 2.74. The SMILES string of the molecule is CCCc1cc2c(NC(=S)N3Cc4ccccc4CC3CCO)cccc2cn1. The van der Waals surface area contributed by atoms with Crippen LogP contribution >= 0.6 is 12.2 Å². The third-order valence-corrected chi connectivity index (χ3v) is 5.98. The fourth-order valence-electron chi connectivity index (χ4n) is 4.13. The molecule has 0 aliphatic carbocycles. The Morgan fingerprint density at radius 3 is 2.83 bits per heavy atom. The molecule has 0 bridgehead atoms. The van der Waals surface area contributed by atoms with Crippen molar-refractivity contribution in [3.63, 3.8) is 0 Å². The van der Waals surface area contributed by atoms with Crippen molar-refractivity contribution >= 4 is 33.8 Å². The van der Waals surface area contributed by atoms with Crippen LogP contribution in [0.4, 0.5) is 5.69 Å². The highest BCUT2D eigenvalue weighted by Gasteiger charge is 2.27. The highest BCUT2D eigenvalue weighted by atomic mass is 32.1. The minimum absolute atomic E-state index is 0.159. The predicted octanol–water partition coefficient (Wildman–Crippen LogP) is 4.69. The van der Waals surface area contributed by atoms with E-state index in [1.807, 2.05) is 12.3 Å². The van der Waals surface area contributed by atoms with Crippen LogP contribution in [-0.4, -0.2) is 32.8 Å². The van der Waals surface area contributed by atoms with Crippen LogP contribution in [0.25, 0.3) is 10.8 Å². The van der Waals surface area contributed by atoms with Crippen LogP contribution in [0.15, 0.2) is 54.7 Å². The Hall–Kier alpha value is -2.50. The lowest BCUT2D eigenvalue weighted by Gasteiger charge is -2.38. The van der Waals surface area contributed by atoms with E-state index in [9.17, 15) is 5.11 Å². The molecule has 1 atom stereocenters. The van der Waals surface area contributed by atoms with Crippen LogP contribution in [0.5, 0.6) is 0 Å². The van der Waals surface area contributed by atoms with Crippen LogP contribution in [0.1, 0.15) is 36.6 Å². The van der Waals surface area contributed by atoms with E-state index in [0.717, 1.165) is 48.0 Å². The molecule has 0 amide bonds. The maximum Gasteiger partial charge on any atom is 0.174 e. The third kappa shape index (κ3) is 4.26. The predicted molar refractivity (Wildman–Crippen MR) is 123 cm³/mol. The second kappa shape index (κ2) is 8.89. The molecule has 1 aliphatic rings. The van der Waals surface area contributed by atoms with E-state index >= 15 is 0 Å². The molecule has 1 aromatic heterocycles. The molecule has 0 fully saturated rings. The summed E-state index contributed by atoms with van der Waals surface area (Å²) in [6, 6.07) is 17.1. The summed E-state index contributed by atoms with van der Waals surface area (Å²) in [5.74, 6) is 0. The largest absolute Gasteiger partial charge is 0.396 e. The van der Waals surface area contributed by atoms with E-state index in [0.29, 0.717) is 11.5 Å². The molecule has 0 saturated carbocycles. The zero-order valence-corrected chi connectivity index (χ0v) is 17.6. The van der Waals surface area contributed by atoms with E-state index < -0.39 is 0 Å². The summed E-state index contributed by atoms with van der Waals surface area (Å²) in [5, 5.41) is 16.0. The molecular formula is C24H27N3OS. The Bertz CT molecular complexity index is 1020. The summed E-state index contributed by atoms with van der Waals surface area (Å²) in [6.45, 7) is 3.09. The molecular weight excluding hydrogens is 378 g/mol. The first kappa shape index (κ1) is 19.8. The Labute approximate surface area is 177 Å². The van der Waals surface area contributed by atoms with Crippen molar-refractivity contribution < 1.29 is 5.11 Å². The first-order valence-electron chi connectivity index (χ1n) is 10.3. The van der Waals surface area contributed by atoms with Gasteiger partial charge in [-0.05, 0) is 54.7 Å². The zero-order valence-electron chi connectivity index (χ0n) is 16.8. The van der Waals surface area contributed by atoms with Gasteiger partial charge < -0.3 is 15.3 Å². The molecule has 150 valence electrons. The van der Waals surface area contributed by atoms with Crippen LogP contribution in [-0.2, 0) is 19.4 Å². The normalized spacial score (nSPS) is 15.9. The number of hydrogen-bond acceptors (Lipinski definition) is 3. The summed E-state index contributed by atoms with van der Waals surface area (Å²) in [6.07, 6.45) is 5.59. The van der Waals surface area contributed by atoms with Crippen molar-refractivity contribution in [2.75, 3.05) is 11.9 Å². The number of hydrogen-bond donors (Lipinski definition) is 2. The highest BCUT2D eigenvalue weighted by molar-refractivity contribution is 7.80. The van der Waals surface area contributed by atoms with Gasteiger partial charge in [0.05, 0.1) is 0 Å². The number of rotatable bonds is 5. The Morgan fingerprint density at radius 2 is 2.03 bits per heavy atom. The molecule has 4 rings (SSSR count). The lowest BCUT2D eigenvalue weighted by Crippen LogP contribution is -2.46. The van der Waals surface area contributed by atoms with Crippen molar-refractivity contribution in [1.82, 2.24) is 9.88 Å². The van der Waals surface area contributed by atoms with Crippen LogP contribution in [0.3, 0.4) is 0 Å². The second-order valence-electron chi connectivity index (χ2n) is 7.65. The van der Waals surface area contributed by atoms with Gasteiger partial charge in [-0.3, -0.25) is 4.98 Å². The molecule has 0 radical (unpaired) electrons. The van der Waals surface area contributed by atoms with Gasteiger partial charge in [-0.1, -0.05) is 49.7 Å². The molecule has 29 heavy (non-hydrogen) atoms. The zero-order chi connectivity index (χ0) is 20.2. The monoisotopic (exact) mass is 405 g/mol. The Kier molecular flexibility index (Phi) is 6.07. The molecule has 1 aliphatic heterocycles. The van der Waals surface area contributed by atoms with Gasteiger partial charge in [-0.15, -0.1) is 0 Å². The van der Waals surface area contributed by atoms with Gasteiger partial charge in [-0.2, -0.15) is 0 Å². The van der Waals surface area contributed by atoms with Crippen molar-refractivity contribution in [3.8, 4) is 0 Å². The van der Waals surface area contributed by atoms with Crippen molar-refractivity contribution in [3.05, 3.63) is 71.5 Å². The van der Waals surface area contributed by atoms with Crippen molar-refractivity contribution in [2.24, 2.45) is 0 Å². The minimum atomic E-state index is 0.159. The molecule has 2 heterocycles. The summed E-state index contributed by atoms with van der Waals surface area (Å²) in [5.41, 5.74) is 4.77. The van der Waals surface area contributed by atoms with Gasteiger partial charge in [0.2, 0.25) is 0 Å². The van der Waals surface area contributed by atoms with Gasteiger partial charge in [0.25, 0.3) is 0 Å². The van der Waals surface area contributed by atoms with E-state index in [1.165, 1.54) is 11.1 Å². The Balaban J connectivity index is 1.62. The number of thiocarbonyl (C=S) groups is 1. The van der Waals surface area contributed by atoms with Crippen LogP contribution < -0.4 is 5.32 Å².